The zero-order valence-electron chi connectivity index (χ0n) is 12.5. The Morgan fingerprint density at radius 3 is 2.96 bits per heavy atom. The van der Waals surface area contributed by atoms with Crippen LogP contribution in [0, 0.1) is 0 Å². The highest BCUT2D eigenvalue weighted by atomic mass is 16.6. The molecule has 23 heavy (non-hydrogen) atoms. The van der Waals surface area contributed by atoms with E-state index >= 15 is 0 Å². The van der Waals surface area contributed by atoms with Gasteiger partial charge in [-0.3, -0.25) is 9.59 Å². The number of benzene rings is 2. The van der Waals surface area contributed by atoms with Crippen LogP contribution in [-0.4, -0.2) is 23.0 Å². The zero-order valence-corrected chi connectivity index (χ0v) is 12.5. The molecule has 0 aliphatic carbocycles. The summed E-state index contributed by atoms with van der Waals surface area (Å²) in [6.45, 7) is 1.51. The minimum atomic E-state index is -1.14. The summed E-state index contributed by atoms with van der Waals surface area (Å²) in [6, 6.07) is 7.24. The molecule has 0 unspecified atom stereocenters. The molecule has 0 radical (unpaired) electrons. The van der Waals surface area contributed by atoms with Crippen molar-refractivity contribution in [2.24, 2.45) is 0 Å². The predicted octanol–water partition coefficient (Wildman–Crippen LogP) is 2.84. The highest BCUT2D eigenvalue weighted by Crippen LogP contribution is 2.44. The Morgan fingerprint density at radius 1 is 1.35 bits per heavy atom. The molecule has 0 spiro atoms. The van der Waals surface area contributed by atoms with Crippen LogP contribution in [0.25, 0.3) is 16.8 Å². The van der Waals surface area contributed by atoms with Gasteiger partial charge in [-0.25, -0.2) is 0 Å². The van der Waals surface area contributed by atoms with E-state index in [1.54, 1.807) is 6.07 Å². The molecule has 1 N–H and O–H groups in total. The Hall–Kier alpha value is -2.66. The lowest BCUT2D eigenvalue weighted by Crippen LogP contribution is -2.26. The largest absolute Gasteiger partial charge is 0.464 e. The van der Waals surface area contributed by atoms with E-state index in [4.69, 9.17) is 9.47 Å². The summed E-state index contributed by atoms with van der Waals surface area (Å²) in [4.78, 5) is 23.7. The van der Waals surface area contributed by atoms with Crippen molar-refractivity contribution >= 4 is 28.4 Å². The molecular formula is C18H14O5. The maximum absolute atomic E-state index is 12.3. The fourth-order valence-corrected chi connectivity index (χ4v) is 3.16. The number of allylic oxidation sites excluding steroid dienone is 1. The molecule has 2 aromatic carbocycles. The van der Waals surface area contributed by atoms with Crippen LogP contribution in [0.2, 0.25) is 0 Å². The average Bonchev–Trinajstić information content (AvgIpc) is 2.45. The summed E-state index contributed by atoms with van der Waals surface area (Å²) >= 11 is 0. The molecule has 0 bridgehead atoms. The van der Waals surface area contributed by atoms with Crippen molar-refractivity contribution in [2.45, 2.75) is 26.1 Å². The van der Waals surface area contributed by atoms with Gasteiger partial charge in [-0.1, -0.05) is 18.2 Å². The second-order valence-corrected chi connectivity index (χ2v) is 5.81. The molecule has 0 saturated carbocycles. The summed E-state index contributed by atoms with van der Waals surface area (Å²) in [6.07, 6.45) is 0.832. The predicted molar refractivity (Wildman–Crippen MR) is 83.4 cm³/mol. The van der Waals surface area contributed by atoms with Gasteiger partial charge in [0.1, 0.15) is 23.0 Å². The van der Waals surface area contributed by atoms with Crippen molar-refractivity contribution < 1.29 is 24.2 Å². The van der Waals surface area contributed by atoms with Gasteiger partial charge in [0.05, 0.1) is 18.4 Å². The Balaban J connectivity index is 1.97. The number of aliphatic hydroxyl groups excluding tert-OH is 1. The SMILES string of the molecule is CC(=O)CC1=Cc2cccc3c4c(cc(c23)O1)O[C@H](O)CC4=O. The van der Waals surface area contributed by atoms with Crippen LogP contribution in [0.1, 0.15) is 35.7 Å². The number of hydrogen-bond acceptors (Lipinski definition) is 5. The molecule has 2 aromatic rings. The lowest BCUT2D eigenvalue weighted by atomic mass is 9.92. The van der Waals surface area contributed by atoms with Gasteiger partial charge < -0.3 is 14.6 Å². The summed E-state index contributed by atoms with van der Waals surface area (Å²) in [5.74, 6) is 1.26. The van der Waals surface area contributed by atoms with Crippen molar-refractivity contribution in [3.63, 3.8) is 0 Å². The fourth-order valence-electron chi connectivity index (χ4n) is 3.16. The van der Waals surface area contributed by atoms with Crippen LogP contribution in [-0.2, 0) is 4.79 Å². The van der Waals surface area contributed by atoms with E-state index in [-0.39, 0.29) is 24.4 Å². The van der Waals surface area contributed by atoms with E-state index in [2.05, 4.69) is 0 Å². The maximum atomic E-state index is 12.3. The van der Waals surface area contributed by atoms with Crippen LogP contribution >= 0.6 is 0 Å². The van der Waals surface area contributed by atoms with E-state index in [1.807, 2.05) is 24.3 Å². The quantitative estimate of drug-likeness (QED) is 0.923. The molecule has 2 heterocycles. The number of fused-ring (bicyclic) bond motifs is 2. The van der Waals surface area contributed by atoms with Gasteiger partial charge in [-0.2, -0.15) is 0 Å². The van der Waals surface area contributed by atoms with E-state index < -0.39 is 6.29 Å². The van der Waals surface area contributed by atoms with Crippen LogP contribution in [0.15, 0.2) is 30.0 Å². The molecule has 1 atom stereocenters. The Labute approximate surface area is 132 Å². The smallest absolute Gasteiger partial charge is 0.204 e. The van der Waals surface area contributed by atoms with Crippen LogP contribution in [0.3, 0.4) is 0 Å². The van der Waals surface area contributed by atoms with E-state index in [0.717, 1.165) is 16.3 Å². The maximum Gasteiger partial charge on any atom is 0.204 e. The highest BCUT2D eigenvalue weighted by molar-refractivity contribution is 6.14. The van der Waals surface area contributed by atoms with Crippen molar-refractivity contribution in [2.75, 3.05) is 0 Å². The van der Waals surface area contributed by atoms with Crippen LogP contribution in [0.5, 0.6) is 11.5 Å². The number of aliphatic hydroxyl groups is 1. The number of ketones is 2. The normalized spacial score (nSPS) is 18.8. The second kappa shape index (κ2) is 4.93. The Kier molecular flexibility index (Phi) is 2.99. The number of carbonyl (C=O) groups is 2. The first-order chi connectivity index (χ1) is 11.0. The van der Waals surface area contributed by atoms with Gasteiger partial charge in [0.25, 0.3) is 0 Å². The lowest BCUT2D eigenvalue weighted by molar-refractivity contribution is -0.116. The number of rotatable bonds is 2. The summed E-state index contributed by atoms with van der Waals surface area (Å²) in [5.41, 5.74) is 1.38. The molecule has 2 aliphatic heterocycles. The molecule has 0 fully saturated rings. The number of ether oxygens (including phenoxy) is 2. The fraction of sp³-hybridized carbons (Fsp3) is 0.222. The lowest BCUT2D eigenvalue weighted by Gasteiger charge is -2.26. The van der Waals surface area contributed by atoms with Gasteiger partial charge in [-0.05, 0) is 18.6 Å². The van der Waals surface area contributed by atoms with Crippen molar-refractivity contribution in [3.05, 3.63) is 41.2 Å². The van der Waals surface area contributed by atoms with E-state index in [1.165, 1.54) is 6.92 Å². The van der Waals surface area contributed by atoms with Gasteiger partial charge in [0.15, 0.2) is 5.78 Å². The summed E-state index contributed by atoms with van der Waals surface area (Å²) in [7, 11) is 0. The molecule has 0 amide bonds. The van der Waals surface area contributed by atoms with Crippen molar-refractivity contribution in [1.29, 1.82) is 0 Å². The van der Waals surface area contributed by atoms with Gasteiger partial charge in [0, 0.05) is 16.8 Å². The number of carbonyl (C=O) groups excluding carboxylic acids is 2. The summed E-state index contributed by atoms with van der Waals surface area (Å²) < 4.78 is 11.2. The molecule has 5 heteroatoms. The summed E-state index contributed by atoms with van der Waals surface area (Å²) in [5, 5.41) is 11.2. The third-order valence-corrected chi connectivity index (χ3v) is 4.00. The minimum Gasteiger partial charge on any atom is -0.464 e. The first kappa shape index (κ1) is 14.0. The van der Waals surface area contributed by atoms with Crippen molar-refractivity contribution in [3.8, 4) is 11.5 Å². The first-order valence-electron chi connectivity index (χ1n) is 7.38. The van der Waals surface area contributed by atoms with Crippen molar-refractivity contribution in [1.82, 2.24) is 0 Å². The molecule has 116 valence electrons. The molecule has 0 aromatic heterocycles. The van der Waals surface area contributed by atoms with Gasteiger partial charge in [-0.15, -0.1) is 0 Å². The Morgan fingerprint density at radius 2 is 2.17 bits per heavy atom. The molecule has 2 aliphatic rings. The third kappa shape index (κ3) is 2.21. The average molecular weight is 310 g/mol. The highest BCUT2D eigenvalue weighted by Gasteiger charge is 2.30. The standard InChI is InChI=1S/C18H14O5/c1-9(19)5-11-6-10-3-2-4-12-17(10)14(22-11)8-15-18(12)13(20)7-16(21)23-15/h2-4,6,8,16,21H,5,7H2,1H3/t16-/m0/s1. The van der Waals surface area contributed by atoms with Gasteiger partial charge >= 0.3 is 0 Å². The monoisotopic (exact) mass is 310 g/mol. The third-order valence-electron chi connectivity index (χ3n) is 4.00. The second-order valence-electron chi connectivity index (χ2n) is 5.81. The minimum absolute atomic E-state index is 0.00619. The van der Waals surface area contributed by atoms with E-state index in [9.17, 15) is 14.7 Å². The topological polar surface area (TPSA) is 72.8 Å². The number of Topliss-reactive ketones (excluding diaryl/α,β-unsaturated/α-hetero) is 2. The molecular weight excluding hydrogens is 296 g/mol. The van der Waals surface area contributed by atoms with E-state index in [0.29, 0.717) is 22.8 Å². The van der Waals surface area contributed by atoms with Crippen LogP contribution in [0.4, 0.5) is 0 Å². The van der Waals surface area contributed by atoms with Gasteiger partial charge in [0.2, 0.25) is 6.29 Å². The molecule has 5 nitrogen and oxygen atoms in total. The molecule has 0 saturated heterocycles. The number of hydrogen-bond donors (Lipinski definition) is 1. The zero-order chi connectivity index (χ0) is 16.1. The first-order valence-corrected chi connectivity index (χ1v) is 7.38. The molecule has 4 rings (SSSR count). The van der Waals surface area contributed by atoms with Crippen LogP contribution < -0.4 is 9.47 Å². The Bertz CT molecular complexity index is 894.